The van der Waals surface area contributed by atoms with Gasteiger partial charge in [0.1, 0.15) is 5.82 Å². The highest BCUT2D eigenvalue weighted by atomic mass is 79.9. The van der Waals surface area contributed by atoms with Gasteiger partial charge in [0.2, 0.25) is 0 Å². The normalized spacial score (nSPS) is 20.1. The van der Waals surface area contributed by atoms with Crippen molar-refractivity contribution in [3.63, 3.8) is 0 Å². The zero-order chi connectivity index (χ0) is 29.8. The summed E-state index contributed by atoms with van der Waals surface area (Å²) >= 11 is 3.36. The molecular weight excluding hydrogens is 610 g/mol. The molecule has 0 unspecified atom stereocenters. The van der Waals surface area contributed by atoms with Crippen molar-refractivity contribution < 1.29 is 26.7 Å². The highest BCUT2D eigenvalue weighted by Gasteiger charge is 2.62. The van der Waals surface area contributed by atoms with E-state index in [1.54, 1.807) is 13.1 Å². The summed E-state index contributed by atoms with van der Waals surface area (Å²) in [5.74, 6) is -1.56. The van der Waals surface area contributed by atoms with Gasteiger partial charge in [0.25, 0.3) is 5.56 Å². The largest absolute Gasteiger partial charge is 0.494 e. The molecule has 1 saturated carbocycles. The van der Waals surface area contributed by atoms with Crippen LogP contribution in [-0.4, -0.2) is 36.8 Å². The maximum Gasteiger partial charge on any atom is 0.416 e. The molecule has 0 radical (unpaired) electrons. The molecule has 40 heavy (non-hydrogen) atoms. The molecule has 0 aliphatic heterocycles. The van der Waals surface area contributed by atoms with Crippen LogP contribution < -0.4 is 10.3 Å². The van der Waals surface area contributed by atoms with Crippen LogP contribution in [0.1, 0.15) is 57.3 Å². The molecule has 0 saturated heterocycles. The molecule has 1 fully saturated rings. The zero-order valence-corrected chi connectivity index (χ0v) is 25.6. The minimum absolute atomic E-state index is 0.0542. The third-order valence-electron chi connectivity index (χ3n) is 8.09. The number of nitrogens with zero attached hydrogens (tertiary/aromatic N) is 3. The predicted molar refractivity (Wildman–Crippen MR) is 150 cm³/mol. The van der Waals surface area contributed by atoms with Crippen molar-refractivity contribution in [3.8, 4) is 17.5 Å². The van der Waals surface area contributed by atoms with Gasteiger partial charge >= 0.3 is 6.18 Å². The van der Waals surface area contributed by atoms with Crippen molar-refractivity contribution in [1.29, 1.82) is 5.26 Å². The second kappa shape index (κ2) is 10.3. The molecule has 0 N–H and O–H groups in total. The fourth-order valence-electron chi connectivity index (χ4n) is 4.93. The van der Waals surface area contributed by atoms with Gasteiger partial charge in [0, 0.05) is 16.5 Å². The lowest BCUT2D eigenvalue weighted by atomic mass is 9.98. The minimum Gasteiger partial charge on any atom is -0.494 e. The number of benzene rings is 2. The summed E-state index contributed by atoms with van der Waals surface area (Å²) < 4.78 is 71.7. The number of methoxy groups -OCH3 is 1. The van der Waals surface area contributed by atoms with Crippen LogP contribution in [0.25, 0.3) is 16.6 Å². The van der Waals surface area contributed by atoms with Gasteiger partial charge in [-0.15, -0.1) is 0 Å². The van der Waals surface area contributed by atoms with Gasteiger partial charge in [-0.2, -0.15) is 18.4 Å². The van der Waals surface area contributed by atoms with Crippen LogP contribution in [-0.2, 0) is 4.43 Å². The van der Waals surface area contributed by atoms with E-state index in [9.17, 15) is 27.6 Å². The molecule has 3 aromatic rings. The Morgan fingerprint density at radius 2 is 1.88 bits per heavy atom. The number of rotatable bonds is 5. The summed E-state index contributed by atoms with van der Waals surface area (Å²) in [6.07, 6.45) is -5.34. The van der Waals surface area contributed by atoms with Gasteiger partial charge in [-0.1, -0.05) is 20.8 Å². The summed E-state index contributed by atoms with van der Waals surface area (Å²) in [6.45, 7) is 9.20. The van der Waals surface area contributed by atoms with Crippen LogP contribution >= 0.6 is 15.9 Å². The molecular formula is C28H30BrF4N3O3Si. The Morgan fingerprint density at radius 1 is 1.20 bits per heavy atom. The second-order valence-electron chi connectivity index (χ2n) is 11.7. The molecule has 1 aromatic heterocycles. The van der Waals surface area contributed by atoms with Gasteiger partial charge < -0.3 is 9.16 Å². The van der Waals surface area contributed by atoms with Crippen LogP contribution in [0.4, 0.5) is 17.6 Å². The van der Waals surface area contributed by atoms with Crippen molar-refractivity contribution >= 4 is 35.2 Å². The highest BCUT2D eigenvalue weighted by Crippen LogP contribution is 2.54. The number of ether oxygens (including phenoxy) is 1. The van der Waals surface area contributed by atoms with Gasteiger partial charge in [-0.05, 0) is 77.6 Å². The summed E-state index contributed by atoms with van der Waals surface area (Å²) in [6, 6.07) is 8.70. The predicted octanol–water partition coefficient (Wildman–Crippen LogP) is 7.76. The van der Waals surface area contributed by atoms with Crippen LogP contribution in [0.15, 0.2) is 39.6 Å². The van der Waals surface area contributed by atoms with Crippen molar-refractivity contribution in [3.05, 3.63) is 62.4 Å². The van der Waals surface area contributed by atoms with Crippen molar-refractivity contribution in [2.75, 3.05) is 7.11 Å². The summed E-state index contributed by atoms with van der Waals surface area (Å²) in [5, 5.41) is 9.03. The topological polar surface area (TPSA) is 77.1 Å². The summed E-state index contributed by atoms with van der Waals surface area (Å²) in [7, 11) is -1.57. The van der Waals surface area contributed by atoms with Crippen molar-refractivity contribution in [2.45, 2.75) is 75.9 Å². The first-order valence-electron chi connectivity index (χ1n) is 12.7. The van der Waals surface area contributed by atoms with Crippen molar-refractivity contribution in [2.24, 2.45) is 0 Å². The fraction of sp³-hybridized carbons (Fsp3) is 0.464. The monoisotopic (exact) mass is 639 g/mol. The number of hydrogen-bond donors (Lipinski definition) is 0. The van der Waals surface area contributed by atoms with Crippen LogP contribution in [0.2, 0.25) is 18.1 Å². The number of aromatic nitrogens is 2. The smallest absolute Gasteiger partial charge is 0.416 e. The minimum atomic E-state index is -4.66. The second-order valence-corrected chi connectivity index (χ2v) is 17.3. The Labute approximate surface area is 239 Å². The van der Waals surface area contributed by atoms with E-state index < -0.39 is 48.8 Å². The lowest BCUT2D eigenvalue weighted by Crippen LogP contribution is -2.55. The molecule has 4 rings (SSSR count). The Kier molecular flexibility index (Phi) is 7.75. The maximum atomic E-state index is 14.8. The first kappa shape index (κ1) is 30.2. The molecule has 2 aromatic carbocycles. The molecule has 1 aliphatic carbocycles. The number of halogens is 5. The summed E-state index contributed by atoms with van der Waals surface area (Å²) in [5.41, 5.74) is -2.55. The molecule has 12 heteroatoms. The number of hydrogen-bond acceptors (Lipinski definition) is 5. The average molecular weight is 641 g/mol. The van der Waals surface area contributed by atoms with E-state index >= 15 is 0 Å². The zero-order valence-electron chi connectivity index (χ0n) is 23.0. The Bertz CT molecular complexity index is 1580. The molecule has 214 valence electrons. The molecule has 2 atom stereocenters. The van der Waals surface area contributed by atoms with Crippen LogP contribution in [0.3, 0.4) is 0 Å². The first-order chi connectivity index (χ1) is 18.4. The number of fused-ring (bicyclic) bond motifs is 1. The third kappa shape index (κ3) is 5.19. The van der Waals surface area contributed by atoms with Gasteiger partial charge in [0.15, 0.2) is 25.5 Å². The standard InChI is InChI=1S/C28H30BrF4N3O3Si/c1-26(2,3)40(5,6)39-27(28(31,32)33)10-9-17(14-27)24-35-23-19(11-16(15-34)12-20(23)29)25(37)36(24)18-7-8-22(38-4)21(30)13-18/h7-8,11-13,17H,9-10,14H2,1-6H3/t17-,27+/m0/s1. The summed E-state index contributed by atoms with van der Waals surface area (Å²) in [4.78, 5) is 18.6. The first-order valence-corrected chi connectivity index (χ1v) is 16.4. The Balaban J connectivity index is 1.95. The molecule has 0 amide bonds. The molecule has 6 nitrogen and oxygen atoms in total. The molecule has 1 aliphatic rings. The van der Waals surface area contributed by atoms with Crippen LogP contribution in [0.5, 0.6) is 5.75 Å². The third-order valence-corrected chi connectivity index (χ3v) is 13.2. The van der Waals surface area contributed by atoms with Gasteiger partial charge in [-0.25, -0.2) is 9.37 Å². The highest BCUT2D eigenvalue weighted by molar-refractivity contribution is 9.10. The lowest BCUT2D eigenvalue weighted by molar-refractivity contribution is -0.250. The average Bonchev–Trinajstić information content (AvgIpc) is 3.28. The molecule has 0 spiro atoms. The van der Waals surface area contributed by atoms with E-state index in [-0.39, 0.29) is 46.6 Å². The van der Waals surface area contributed by atoms with E-state index in [2.05, 4.69) is 20.9 Å². The fourth-order valence-corrected chi connectivity index (χ4v) is 7.06. The molecule has 0 bridgehead atoms. The molecule has 1 heterocycles. The number of alkyl halides is 3. The Hall–Kier alpha value is -2.75. The van der Waals surface area contributed by atoms with Gasteiger partial charge in [0.05, 0.1) is 35.3 Å². The number of nitriles is 1. The maximum absolute atomic E-state index is 14.8. The SMILES string of the molecule is COc1ccc(-n2c([C@H]3CC[C@](O[Si](C)(C)C(C)(C)C)(C(F)(F)F)C3)nc3c(Br)cc(C#N)cc3c2=O)cc1F. The van der Waals surface area contributed by atoms with E-state index in [0.717, 1.165) is 10.6 Å². The quantitative estimate of drug-likeness (QED) is 0.211. The van der Waals surface area contributed by atoms with E-state index in [4.69, 9.17) is 9.16 Å². The van der Waals surface area contributed by atoms with E-state index in [0.29, 0.717) is 4.47 Å². The van der Waals surface area contributed by atoms with Crippen molar-refractivity contribution in [1.82, 2.24) is 9.55 Å². The van der Waals surface area contributed by atoms with Gasteiger partial charge in [-0.3, -0.25) is 9.36 Å². The lowest BCUT2D eigenvalue weighted by Gasteiger charge is -2.45. The van der Waals surface area contributed by atoms with Crippen LogP contribution in [0, 0.1) is 17.1 Å². The van der Waals surface area contributed by atoms with E-state index in [1.807, 2.05) is 26.8 Å². The van der Waals surface area contributed by atoms with E-state index in [1.165, 1.54) is 31.4 Å². The Morgan fingerprint density at radius 3 is 2.42 bits per heavy atom.